The van der Waals surface area contributed by atoms with E-state index < -0.39 is 0 Å². The Morgan fingerprint density at radius 2 is 1.86 bits per heavy atom. The van der Waals surface area contributed by atoms with E-state index in [9.17, 15) is 4.79 Å². The molecule has 2 N–H and O–H groups in total. The molecule has 196 valence electrons. The molecule has 0 bridgehead atoms. The van der Waals surface area contributed by atoms with Crippen LogP contribution in [0.4, 0.5) is 11.6 Å². The van der Waals surface area contributed by atoms with Gasteiger partial charge in [-0.05, 0) is 81.8 Å². The number of halogens is 1. The van der Waals surface area contributed by atoms with E-state index in [1.807, 2.05) is 30.0 Å². The summed E-state index contributed by atoms with van der Waals surface area (Å²) in [5.41, 5.74) is 6.29. The Balaban J connectivity index is 1.25. The number of aryl methyl sites for hydroxylation is 2. The van der Waals surface area contributed by atoms with E-state index in [1.165, 1.54) is 35.1 Å². The minimum absolute atomic E-state index is 0.221. The van der Waals surface area contributed by atoms with Crippen LogP contribution in [0.2, 0.25) is 5.02 Å². The number of hydrogen-bond donors (Lipinski definition) is 2. The van der Waals surface area contributed by atoms with Gasteiger partial charge >= 0.3 is 0 Å². The molecule has 2 aromatic heterocycles. The topological polar surface area (TPSA) is 90.0 Å². The summed E-state index contributed by atoms with van der Waals surface area (Å²) in [6, 6.07) is 6.63. The molecule has 1 saturated carbocycles. The fourth-order valence-electron chi connectivity index (χ4n) is 5.21. The number of hydrogen-bond acceptors (Lipinski definition) is 6. The molecule has 3 aromatic rings. The van der Waals surface area contributed by atoms with Crippen molar-refractivity contribution in [3.63, 3.8) is 0 Å². The number of carbonyl (C=O) groups is 1. The molecule has 1 saturated heterocycles. The number of rotatable bonds is 8. The largest absolute Gasteiger partial charge is 0.342 e. The highest BCUT2D eigenvalue weighted by Gasteiger charge is 2.26. The molecule has 37 heavy (non-hydrogen) atoms. The predicted molar refractivity (Wildman–Crippen MR) is 147 cm³/mol. The highest BCUT2D eigenvalue weighted by atomic mass is 35.5. The van der Waals surface area contributed by atoms with Gasteiger partial charge in [-0.15, -0.1) is 0 Å². The molecule has 0 radical (unpaired) electrons. The van der Waals surface area contributed by atoms with Crippen LogP contribution in [-0.2, 0) is 11.2 Å². The zero-order chi connectivity index (χ0) is 26.1. The maximum Gasteiger partial charge on any atom is 0.236 e. The molecule has 3 heterocycles. The van der Waals surface area contributed by atoms with Crippen LogP contribution in [0.15, 0.2) is 24.4 Å². The first kappa shape index (κ1) is 25.7. The summed E-state index contributed by atoms with van der Waals surface area (Å²) < 4.78 is 0. The van der Waals surface area contributed by atoms with Crippen LogP contribution in [0.5, 0.6) is 0 Å². The fourth-order valence-corrected chi connectivity index (χ4v) is 5.35. The SMILES string of the molecule is Cc1cc(C2CCN(C(=O)CN(C)C)CC2)c(C)cc1Cc1ncc(Cl)c(Nc2cc(C3CC3)[nH]n2)n1. The van der Waals surface area contributed by atoms with Gasteiger partial charge in [-0.2, -0.15) is 5.10 Å². The van der Waals surface area contributed by atoms with E-state index in [1.54, 1.807) is 6.20 Å². The normalized spacial score (nSPS) is 16.4. The molecule has 5 rings (SSSR count). The first-order valence-corrected chi connectivity index (χ1v) is 13.5. The Morgan fingerprint density at radius 3 is 2.57 bits per heavy atom. The van der Waals surface area contributed by atoms with Crippen molar-refractivity contribution < 1.29 is 4.79 Å². The minimum Gasteiger partial charge on any atom is -0.342 e. The summed E-state index contributed by atoms with van der Waals surface area (Å²) >= 11 is 6.40. The van der Waals surface area contributed by atoms with Gasteiger partial charge in [0.1, 0.15) is 10.8 Å². The number of carbonyl (C=O) groups excluding carboxylic acids is 1. The van der Waals surface area contributed by atoms with Gasteiger partial charge in [0.15, 0.2) is 11.6 Å². The first-order valence-electron chi connectivity index (χ1n) is 13.1. The number of piperidine rings is 1. The van der Waals surface area contributed by atoms with Crippen LogP contribution in [0.3, 0.4) is 0 Å². The number of anilines is 2. The van der Waals surface area contributed by atoms with Crippen LogP contribution < -0.4 is 5.32 Å². The molecule has 2 aliphatic rings. The molecule has 1 aliphatic carbocycles. The summed E-state index contributed by atoms with van der Waals surface area (Å²) in [4.78, 5) is 25.6. The Hall–Kier alpha value is -2.97. The lowest BCUT2D eigenvalue weighted by Gasteiger charge is -2.33. The van der Waals surface area contributed by atoms with Crippen molar-refractivity contribution in [1.82, 2.24) is 30.0 Å². The lowest BCUT2D eigenvalue weighted by molar-refractivity contribution is -0.132. The third-order valence-corrected chi connectivity index (χ3v) is 7.74. The number of likely N-dealkylation sites (N-methyl/N-ethyl adjacent to an activating group) is 1. The van der Waals surface area contributed by atoms with Crippen molar-refractivity contribution in [3.05, 3.63) is 63.2 Å². The Morgan fingerprint density at radius 1 is 1.11 bits per heavy atom. The van der Waals surface area contributed by atoms with E-state index in [4.69, 9.17) is 16.6 Å². The van der Waals surface area contributed by atoms with E-state index in [0.29, 0.717) is 41.5 Å². The van der Waals surface area contributed by atoms with Crippen LogP contribution in [0.1, 0.15) is 71.3 Å². The molecule has 8 nitrogen and oxygen atoms in total. The van der Waals surface area contributed by atoms with Gasteiger partial charge in [-0.3, -0.25) is 9.89 Å². The quantitative estimate of drug-likeness (QED) is 0.436. The second kappa shape index (κ2) is 10.8. The molecule has 9 heteroatoms. The molecule has 1 aliphatic heterocycles. The zero-order valence-electron chi connectivity index (χ0n) is 22.1. The van der Waals surface area contributed by atoms with Crippen molar-refractivity contribution in [2.45, 2.75) is 57.8 Å². The van der Waals surface area contributed by atoms with E-state index in [0.717, 1.165) is 37.4 Å². The van der Waals surface area contributed by atoms with Gasteiger partial charge in [0.25, 0.3) is 0 Å². The standard InChI is InChI=1S/C28H36ClN7O/c1-17-12-22(19-7-9-36(10-8-19)27(37)16-35(3)4)18(2)11-21(17)13-25-30-15-23(29)28(31-25)32-26-14-24(33-34-26)20-5-6-20/h11-12,14-15,19-20H,5-10,13,16H2,1-4H3,(H2,30,31,32,33,34). The third-order valence-electron chi connectivity index (χ3n) is 7.47. The van der Waals surface area contributed by atoms with Gasteiger partial charge in [-0.25, -0.2) is 9.97 Å². The van der Waals surface area contributed by atoms with Crippen LogP contribution >= 0.6 is 11.6 Å². The summed E-state index contributed by atoms with van der Waals surface area (Å²) in [7, 11) is 3.88. The third kappa shape index (κ3) is 6.13. The molecule has 0 unspecified atom stereocenters. The molecule has 1 aromatic carbocycles. The Bertz CT molecular complexity index is 1280. The van der Waals surface area contributed by atoms with Gasteiger partial charge in [-0.1, -0.05) is 23.7 Å². The molecular weight excluding hydrogens is 486 g/mol. The lowest BCUT2D eigenvalue weighted by atomic mass is 9.84. The van der Waals surface area contributed by atoms with Gasteiger partial charge in [0.05, 0.1) is 12.7 Å². The first-order chi connectivity index (χ1) is 17.8. The van der Waals surface area contributed by atoms with E-state index in [2.05, 4.69) is 46.5 Å². The number of amides is 1. The maximum atomic E-state index is 12.4. The van der Waals surface area contributed by atoms with Crippen molar-refractivity contribution in [2.75, 3.05) is 39.0 Å². The Labute approximate surface area is 223 Å². The summed E-state index contributed by atoms with van der Waals surface area (Å²) in [6.45, 7) is 6.47. The number of nitrogens with zero attached hydrogens (tertiary/aromatic N) is 5. The summed E-state index contributed by atoms with van der Waals surface area (Å²) in [6.07, 6.45) is 6.72. The number of aromatic nitrogens is 4. The molecule has 0 atom stereocenters. The number of H-pyrrole nitrogens is 1. The van der Waals surface area contributed by atoms with Gasteiger partial charge in [0, 0.05) is 37.2 Å². The Kier molecular flexibility index (Phi) is 7.49. The van der Waals surface area contributed by atoms with Crippen molar-refractivity contribution in [3.8, 4) is 0 Å². The van der Waals surface area contributed by atoms with Gasteiger partial charge in [0.2, 0.25) is 5.91 Å². The lowest BCUT2D eigenvalue weighted by Crippen LogP contribution is -2.42. The highest BCUT2D eigenvalue weighted by Crippen LogP contribution is 2.40. The maximum absolute atomic E-state index is 12.4. The monoisotopic (exact) mass is 521 g/mol. The van der Waals surface area contributed by atoms with Crippen molar-refractivity contribution in [2.24, 2.45) is 0 Å². The fraction of sp³-hybridized carbons (Fsp3) is 0.500. The molecular formula is C28H36ClN7O. The minimum atomic E-state index is 0.221. The second-order valence-corrected chi connectivity index (χ2v) is 11.2. The van der Waals surface area contributed by atoms with Crippen molar-refractivity contribution in [1.29, 1.82) is 0 Å². The predicted octanol–water partition coefficient (Wildman–Crippen LogP) is 4.95. The second-order valence-electron chi connectivity index (χ2n) is 10.8. The van der Waals surface area contributed by atoms with Gasteiger partial charge < -0.3 is 15.1 Å². The number of likely N-dealkylation sites (tertiary alicyclic amines) is 1. The smallest absolute Gasteiger partial charge is 0.236 e. The van der Waals surface area contributed by atoms with Crippen LogP contribution in [0.25, 0.3) is 0 Å². The summed E-state index contributed by atoms with van der Waals surface area (Å²) in [5, 5.41) is 11.2. The molecule has 2 fully saturated rings. The van der Waals surface area contributed by atoms with E-state index in [-0.39, 0.29) is 5.91 Å². The van der Waals surface area contributed by atoms with E-state index >= 15 is 0 Å². The van der Waals surface area contributed by atoms with Crippen LogP contribution in [0, 0.1) is 13.8 Å². The zero-order valence-corrected chi connectivity index (χ0v) is 22.9. The number of aromatic amines is 1. The highest BCUT2D eigenvalue weighted by molar-refractivity contribution is 6.32. The molecule has 0 spiro atoms. The number of nitrogens with one attached hydrogen (secondary N) is 2. The average Bonchev–Trinajstić information content (AvgIpc) is 3.61. The average molecular weight is 522 g/mol. The number of benzene rings is 1. The van der Waals surface area contributed by atoms with Crippen molar-refractivity contribution >= 4 is 29.1 Å². The summed E-state index contributed by atoms with van der Waals surface area (Å²) in [5.74, 6) is 3.31. The van der Waals surface area contributed by atoms with Crippen LogP contribution in [-0.4, -0.2) is 69.6 Å². The molecule has 1 amide bonds.